The Morgan fingerprint density at radius 2 is 2.17 bits per heavy atom. The normalized spacial score (nSPS) is 16.5. The Bertz CT molecular complexity index is 501. The Morgan fingerprint density at radius 3 is 2.87 bits per heavy atom. The second-order valence-corrected chi connectivity index (χ2v) is 6.28. The maximum absolute atomic E-state index is 12.1. The molecule has 1 aliphatic carbocycles. The molecule has 2 rings (SSSR count). The number of carbonyl (C=O) groups is 1. The molecular formula is C18H28N2O3. The molecule has 0 aromatic heterocycles. The first kappa shape index (κ1) is 17.8. The third kappa shape index (κ3) is 5.52. The lowest BCUT2D eigenvalue weighted by Crippen LogP contribution is -2.41. The van der Waals surface area contributed by atoms with E-state index >= 15 is 0 Å². The molecule has 1 aliphatic rings. The zero-order chi connectivity index (χ0) is 16.7. The molecule has 1 aromatic carbocycles. The standard InChI is InChI=1S/C18H28N2O3/c1-14(23-17-9-5-6-15(12-17)13-21)18(22)19-10-11-20(2)16-7-3-4-8-16/h5-6,9,12,14,16,21H,3-4,7-8,10-11,13H2,1-2H3,(H,19,22). The van der Waals surface area contributed by atoms with Crippen molar-refractivity contribution < 1.29 is 14.6 Å². The molecule has 5 nitrogen and oxygen atoms in total. The number of rotatable bonds is 8. The molecule has 1 saturated carbocycles. The summed E-state index contributed by atoms with van der Waals surface area (Å²) in [4.78, 5) is 14.4. The van der Waals surface area contributed by atoms with Gasteiger partial charge in [-0.1, -0.05) is 25.0 Å². The monoisotopic (exact) mass is 320 g/mol. The van der Waals surface area contributed by atoms with Crippen molar-refractivity contribution in [3.63, 3.8) is 0 Å². The Kier molecular flexibility index (Phi) is 6.86. The van der Waals surface area contributed by atoms with Crippen LogP contribution < -0.4 is 10.1 Å². The van der Waals surface area contributed by atoms with Crippen LogP contribution in [-0.4, -0.2) is 48.2 Å². The summed E-state index contributed by atoms with van der Waals surface area (Å²) in [6, 6.07) is 7.83. The van der Waals surface area contributed by atoms with Gasteiger partial charge in [-0.05, 0) is 44.5 Å². The molecule has 1 unspecified atom stereocenters. The largest absolute Gasteiger partial charge is 0.481 e. The number of benzene rings is 1. The summed E-state index contributed by atoms with van der Waals surface area (Å²) in [6.45, 7) is 3.20. The number of nitrogens with one attached hydrogen (secondary N) is 1. The number of amides is 1. The lowest BCUT2D eigenvalue weighted by Gasteiger charge is -2.24. The van der Waals surface area contributed by atoms with Crippen molar-refractivity contribution >= 4 is 5.91 Å². The smallest absolute Gasteiger partial charge is 0.260 e. The van der Waals surface area contributed by atoms with Crippen LogP contribution in [-0.2, 0) is 11.4 Å². The number of hydrogen-bond acceptors (Lipinski definition) is 4. The summed E-state index contributed by atoms with van der Waals surface area (Å²) >= 11 is 0. The molecular weight excluding hydrogens is 292 g/mol. The molecule has 0 spiro atoms. The van der Waals surface area contributed by atoms with Gasteiger partial charge in [-0.3, -0.25) is 4.79 Å². The van der Waals surface area contributed by atoms with Crippen LogP contribution in [0.25, 0.3) is 0 Å². The van der Waals surface area contributed by atoms with Gasteiger partial charge in [0.05, 0.1) is 6.61 Å². The van der Waals surface area contributed by atoms with Gasteiger partial charge >= 0.3 is 0 Å². The lowest BCUT2D eigenvalue weighted by molar-refractivity contribution is -0.127. The van der Waals surface area contributed by atoms with Gasteiger partial charge in [0.2, 0.25) is 0 Å². The minimum Gasteiger partial charge on any atom is -0.481 e. The molecule has 5 heteroatoms. The van der Waals surface area contributed by atoms with E-state index in [0.29, 0.717) is 18.3 Å². The average molecular weight is 320 g/mol. The molecule has 2 N–H and O–H groups in total. The van der Waals surface area contributed by atoms with E-state index in [0.717, 1.165) is 12.1 Å². The molecule has 0 bridgehead atoms. The number of aliphatic hydroxyl groups is 1. The highest BCUT2D eigenvalue weighted by molar-refractivity contribution is 5.80. The van der Waals surface area contributed by atoms with Crippen LogP contribution in [0.1, 0.15) is 38.2 Å². The summed E-state index contributed by atoms with van der Waals surface area (Å²) in [7, 11) is 2.13. The summed E-state index contributed by atoms with van der Waals surface area (Å²) in [5.41, 5.74) is 0.772. The van der Waals surface area contributed by atoms with E-state index < -0.39 is 6.10 Å². The van der Waals surface area contributed by atoms with Crippen molar-refractivity contribution in [2.24, 2.45) is 0 Å². The first-order valence-electron chi connectivity index (χ1n) is 8.44. The highest BCUT2D eigenvalue weighted by Crippen LogP contribution is 2.21. The van der Waals surface area contributed by atoms with Crippen molar-refractivity contribution in [1.29, 1.82) is 0 Å². The topological polar surface area (TPSA) is 61.8 Å². The van der Waals surface area contributed by atoms with E-state index in [1.54, 1.807) is 19.1 Å². The van der Waals surface area contributed by atoms with Crippen LogP contribution in [0.4, 0.5) is 0 Å². The first-order valence-corrected chi connectivity index (χ1v) is 8.44. The first-order chi connectivity index (χ1) is 11.1. The van der Waals surface area contributed by atoms with Crippen LogP contribution in [0.3, 0.4) is 0 Å². The van der Waals surface area contributed by atoms with E-state index in [4.69, 9.17) is 9.84 Å². The summed E-state index contributed by atoms with van der Waals surface area (Å²) in [5, 5.41) is 12.1. The quantitative estimate of drug-likeness (QED) is 0.768. The molecule has 0 saturated heterocycles. The number of nitrogens with zero attached hydrogens (tertiary/aromatic N) is 1. The zero-order valence-electron chi connectivity index (χ0n) is 14.1. The fourth-order valence-corrected chi connectivity index (χ4v) is 3.00. The van der Waals surface area contributed by atoms with Crippen molar-refractivity contribution in [3.05, 3.63) is 29.8 Å². The van der Waals surface area contributed by atoms with Crippen molar-refractivity contribution in [2.75, 3.05) is 20.1 Å². The third-order valence-electron chi connectivity index (χ3n) is 4.47. The molecule has 0 aliphatic heterocycles. The van der Waals surface area contributed by atoms with Crippen molar-refractivity contribution in [2.45, 2.75) is 51.4 Å². The summed E-state index contributed by atoms with van der Waals surface area (Å²) in [5.74, 6) is 0.487. The Labute approximate surface area is 138 Å². The molecule has 23 heavy (non-hydrogen) atoms. The number of carbonyl (C=O) groups excluding carboxylic acids is 1. The molecule has 1 amide bonds. The van der Waals surface area contributed by atoms with E-state index in [1.165, 1.54) is 25.7 Å². The fraction of sp³-hybridized carbons (Fsp3) is 0.611. The predicted molar refractivity (Wildman–Crippen MR) is 90.4 cm³/mol. The average Bonchev–Trinajstić information content (AvgIpc) is 3.09. The van der Waals surface area contributed by atoms with Gasteiger partial charge in [-0.25, -0.2) is 0 Å². The summed E-state index contributed by atoms with van der Waals surface area (Å²) in [6.07, 6.45) is 4.62. The van der Waals surface area contributed by atoms with Crippen LogP contribution in [0, 0.1) is 0 Å². The number of aliphatic hydroxyl groups excluding tert-OH is 1. The number of ether oxygens (including phenoxy) is 1. The van der Waals surface area contributed by atoms with E-state index in [-0.39, 0.29) is 12.5 Å². The van der Waals surface area contributed by atoms with E-state index in [9.17, 15) is 4.79 Å². The van der Waals surface area contributed by atoms with Crippen LogP contribution in [0.15, 0.2) is 24.3 Å². The van der Waals surface area contributed by atoms with Crippen molar-refractivity contribution in [1.82, 2.24) is 10.2 Å². The SMILES string of the molecule is CC(Oc1cccc(CO)c1)C(=O)NCCN(C)C1CCCC1. The summed E-state index contributed by atoms with van der Waals surface area (Å²) < 4.78 is 5.64. The maximum Gasteiger partial charge on any atom is 0.260 e. The molecule has 1 fully saturated rings. The maximum atomic E-state index is 12.1. The Hall–Kier alpha value is -1.59. The van der Waals surface area contributed by atoms with Crippen LogP contribution in [0.2, 0.25) is 0 Å². The van der Waals surface area contributed by atoms with Crippen LogP contribution in [0.5, 0.6) is 5.75 Å². The second-order valence-electron chi connectivity index (χ2n) is 6.28. The fourth-order valence-electron chi connectivity index (χ4n) is 3.00. The van der Waals surface area contributed by atoms with Crippen molar-refractivity contribution in [3.8, 4) is 5.75 Å². The number of likely N-dealkylation sites (N-methyl/N-ethyl adjacent to an activating group) is 1. The third-order valence-corrected chi connectivity index (χ3v) is 4.47. The predicted octanol–water partition coefficient (Wildman–Crippen LogP) is 1.94. The van der Waals surface area contributed by atoms with Gasteiger partial charge in [-0.2, -0.15) is 0 Å². The van der Waals surface area contributed by atoms with Gasteiger partial charge < -0.3 is 20.1 Å². The minimum absolute atomic E-state index is 0.0364. The van der Waals surface area contributed by atoms with E-state index in [1.807, 2.05) is 12.1 Å². The highest BCUT2D eigenvalue weighted by Gasteiger charge is 2.20. The number of hydrogen-bond donors (Lipinski definition) is 2. The van der Waals surface area contributed by atoms with Gasteiger partial charge in [-0.15, -0.1) is 0 Å². The second kappa shape index (κ2) is 8.89. The minimum atomic E-state index is -0.555. The highest BCUT2D eigenvalue weighted by atomic mass is 16.5. The lowest BCUT2D eigenvalue weighted by atomic mass is 10.2. The molecule has 1 aromatic rings. The Morgan fingerprint density at radius 1 is 1.43 bits per heavy atom. The van der Waals surface area contributed by atoms with Gasteiger partial charge in [0.15, 0.2) is 6.10 Å². The molecule has 0 radical (unpaired) electrons. The zero-order valence-corrected chi connectivity index (χ0v) is 14.1. The molecule has 128 valence electrons. The van der Waals surface area contributed by atoms with Gasteiger partial charge in [0, 0.05) is 19.1 Å². The Balaban J connectivity index is 1.71. The van der Waals surface area contributed by atoms with Crippen LogP contribution >= 0.6 is 0 Å². The van der Waals surface area contributed by atoms with Gasteiger partial charge in [0.1, 0.15) is 5.75 Å². The van der Waals surface area contributed by atoms with E-state index in [2.05, 4.69) is 17.3 Å². The molecule has 1 atom stereocenters. The molecule has 0 heterocycles. The van der Waals surface area contributed by atoms with Gasteiger partial charge in [0.25, 0.3) is 5.91 Å².